The zero-order valence-corrected chi connectivity index (χ0v) is 21.7. The van der Waals surface area contributed by atoms with Crippen LogP contribution in [0.15, 0.2) is 36.7 Å². The van der Waals surface area contributed by atoms with Gasteiger partial charge in [0.25, 0.3) is 0 Å². The number of hydrogen-bond acceptors (Lipinski definition) is 8. The van der Waals surface area contributed by atoms with Crippen LogP contribution in [0.4, 0.5) is 22.0 Å². The van der Waals surface area contributed by atoms with Crippen LogP contribution in [0.1, 0.15) is 57.3 Å². The topological polar surface area (TPSA) is 109 Å². The predicted octanol–water partition coefficient (Wildman–Crippen LogP) is 5.51. The van der Waals surface area contributed by atoms with E-state index < -0.39 is 11.7 Å². The third-order valence-corrected chi connectivity index (χ3v) is 5.99. The maximum absolute atomic E-state index is 12.6. The molecule has 1 aliphatic heterocycles. The molecule has 1 amide bonds. The zero-order chi connectivity index (χ0) is 25.9. The number of hydrogen-bond donors (Lipinski definition) is 2. The number of fused-ring (bicyclic) bond motifs is 1. The zero-order valence-electron chi connectivity index (χ0n) is 21.0. The average Bonchev–Trinajstić information content (AvgIpc) is 2.83. The maximum Gasteiger partial charge on any atom is 0.407 e. The molecule has 0 radical (unpaired) electrons. The van der Waals surface area contributed by atoms with Crippen molar-refractivity contribution in [2.24, 2.45) is 0 Å². The summed E-state index contributed by atoms with van der Waals surface area (Å²) in [5.41, 5.74) is 2.35. The number of nitrogens with zero attached hydrogens (tertiary/aromatic N) is 4. The summed E-state index contributed by atoms with van der Waals surface area (Å²) in [6, 6.07) is 7.25. The fourth-order valence-electron chi connectivity index (χ4n) is 4.14. The molecule has 9 nitrogen and oxygen atoms in total. The van der Waals surface area contributed by atoms with E-state index in [1.165, 1.54) is 0 Å². The molecule has 0 unspecified atom stereocenters. The molecule has 3 aromatic heterocycles. The van der Waals surface area contributed by atoms with Gasteiger partial charge in [0.2, 0.25) is 0 Å². The fourth-order valence-corrected chi connectivity index (χ4v) is 4.29. The molecule has 10 heteroatoms. The van der Waals surface area contributed by atoms with E-state index in [1.54, 1.807) is 24.5 Å². The van der Waals surface area contributed by atoms with E-state index in [0.717, 1.165) is 25.2 Å². The van der Waals surface area contributed by atoms with Crippen LogP contribution in [0.2, 0.25) is 5.15 Å². The van der Waals surface area contributed by atoms with Crippen molar-refractivity contribution < 1.29 is 14.3 Å². The van der Waals surface area contributed by atoms with Gasteiger partial charge in [-0.3, -0.25) is 9.78 Å². The van der Waals surface area contributed by atoms with Gasteiger partial charge in [0.15, 0.2) is 5.78 Å². The number of halogens is 1. The number of anilines is 3. The lowest BCUT2D eigenvalue weighted by Crippen LogP contribution is -2.49. The average molecular weight is 511 g/mol. The molecule has 190 valence electrons. The van der Waals surface area contributed by atoms with Gasteiger partial charge in [-0.2, -0.15) is 0 Å². The maximum atomic E-state index is 12.6. The number of aromatic nitrogens is 3. The highest BCUT2D eigenvalue weighted by Gasteiger charge is 2.25. The van der Waals surface area contributed by atoms with E-state index in [1.807, 2.05) is 39.8 Å². The minimum atomic E-state index is -0.536. The first-order valence-corrected chi connectivity index (χ1v) is 12.5. The van der Waals surface area contributed by atoms with Gasteiger partial charge in [-0.05, 0) is 57.9 Å². The molecule has 1 fully saturated rings. The number of carbonyl (C=O) groups is 2. The number of rotatable bonds is 6. The van der Waals surface area contributed by atoms with E-state index in [-0.39, 0.29) is 11.8 Å². The lowest BCUT2D eigenvalue weighted by atomic mass is 10.1. The molecule has 4 heterocycles. The van der Waals surface area contributed by atoms with Crippen molar-refractivity contribution in [3.63, 3.8) is 0 Å². The molecule has 0 bridgehead atoms. The lowest BCUT2D eigenvalue weighted by molar-refractivity contribution is 0.0499. The number of pyridine rings is 3. The first-order valence-electron chi connectivity index (χ1n) is 12.1. The Morgan fingerprint density at radius 2 is 1.97 bits per heavy atom. The van der Waals surface area contributed by atoms with E-state index in [0.29, 0.717) is 46.1 Å². The minimum Gasteiger partial charge on any atom is -0.444 e. The monoisotopic (exact) mass is 510 g/mol. The van der Waals surface area contributed by atoms with Crippen LogP contribution in [-0.4, -0.2) is 51.6 Å². The Morgan fingerprint density at radius 3 is 2.67 bits per heavy atom. The molecule has 0 aliphatic carbocycles. The Bertz CT molecular complexity index is 1260. The third-order valence-electron chi connectivity index (χ3n) is 5.78. The molecule has 1 saturated heterocycles. The van der Waals surface area contributed by atoms with Gasteiger partial charge in [0.05, 0.1) is 28.7 Å². The van der Waals surface area contributed by atoms with Crippen molar-refractivity contribution in [2.75, 3.05) is 23.3 Å². The highest BCUT2D eigenvalue weighted by atomic mass is 35.5. The lowest BCUT2D eigenvalue weighted by Gasteiger charge is -2.34. The third kappa shape index (κ3) is 6.20. The number of ether oxygens (including phenoxy) is 1. The fraction of sp³-hybridized carbons (Fsp3) is 0.423. The van der Waals surface area contributed by atoms with E-state index in [9.17, 15) is 9.59 Å². The van der Waals surface area contributed by atoms with Gasteiger partial charge >= 0.3 is 6.09 Å². The number of piperidine rings is 1. The van der Waals surface area contributed by atoms with Crippen molar-refractivity contribution in [2.45, 2.75) is 58.6 Å². The number of nitrogens with one attached hydrogen (secondary N) is 2. The summed E-state index contributed by atoms with van der Waals surface area (Å²) in [7, 11) is 0. The Kier molecular flexibility index (Phi) is 7.59. The van der Waals surface area contributed by atoms with Crippen molar-refractivity contribution in [1.29, 1.82) is 0 Å². The molecular formula is C26H31ClN6O3. The summed E-state index contributed by atoms with van der Waals surface area (Å²) in [6.07, 6.45) is 5.04. The second-order valence-electron chi connectivity index (χ2n) is 9.79. The molecular weight excluding hydrogens is 480 g/mol. The summed E-state index contributed by atoms with van der Waals surface area (Å²) in [4.78, 5) is 40.3. The van der Waals surface area contributed by atoms with Crippen LogP contribution in [0.3, 0.4) is 0 Å². The SMILES string of the molecule is CCC(=O)c1cnc2ccc(Cl)nc2c1Nc1ccc(N2CCC[C@@H](NC(=O)OC(C)(C)C)C2)nc1. The van der Waals surface area contributed by atoms with Gasteiger partial charge in [0, 0.05) is 31.7 Å². The highest BCUT2D eigenvalue weighted by molar-refractivity contribution is 6.30. The summed E-state index contributed by atoms with van der Waals surface area (Å²) >= 11 is 6.14. The molecule has 0 saturated carbocycles. The van der Waals surface area contributed by atoms with Gasteiger partial charge < -0.3 is 20.3 Å². The molecule has 0 spiro atoms. The Morgan fingerprint density at radius 1 is 1.17 bits per heavy atom. The van der Waals surface area contributed by atoms with Gasteiger partial charge in [-0.15, -0.1) is 0 Å². The van der Waals surface area contributed by atoms with Crippen LogP contribution in [-0.2, 0) is 4.74 Å². The van der Waals surface area contributed by atoms with Gasteiger partial charge in [-0.25, -0.2) is 14.8 Å². The van der Waals surface area contributed by atoms with E-state index in [4.69, 9.17) is 16.3 Å². The highest BCUT2D eigenvalue weighted by Crippen LogP contribution is 2.30. The smallest absolute Gasteiger partial charge is 0.407 e. The molecule has 2 N–H and O–H groups in total. The number of alkyl carbamates (subject to hydrolysis) is 1. The second-order valence-corrected chi connectivity index (χ2v) is 10.2. The predicted molar refractivity (Wildman–Crippen MR) is 141 cm³/mol. The van der Waals surface area contributed by atoms with Gasteiger partial charge in [-0.1, -0.05) is 18.5 Å². The van der Waals surface area contributed by atoms with Gasteiger partial charge in [0.1, 0.15) is 22.1 Å². The number of ketones is 1. The minimum absolute atomic E-state index is 0.0187. The molecule has 36 heavy (non-hydrogen) atoms. The number of amides is 1. The standard InChI is InChI=1S/C26H31ClN6O3/c1-5-20(34)18-14-28-19-9-10-21(27)32-24(19)23(18)30-16-8-11-22(29-13-16)33-12-6-7-17(15-33)31-25(35)36-26(2,3)4/h8-11,13-14,17H,5-7,12,15H2,1-4H3,(H,28,30)(H,31,35)/t17-/m1/s1. The summed E-state index contributed by atoms with van der Waals surface area (Å²) in [6.45, 7) is 8.84. The van der Waals surface area contributed by atoms with Crippen molar-refractivity contribution in [1.82, 2.24) is 20.3 Å². The Balaban J connectivity index is 1.51. The van der Waals surface area contributed by atoms with Crippen LogP contribution >= 0.6 is 11.6 Å². The molecule has 0 aromatic carbocycles. The molecule has 3 aromatic rings. The second kappa shape index (κ2) is 10.7. The van der Waals surface area contributed by atoms with Crippen LogP contribution < -0.4 is 15.5 Å². The quantitative estimate of drug-likeness (QED) is 0.330. The summed E-state index contributed by atoms with van der Waals surface area (Å²) in [5.74, 6) is 0.761. The largest absolute Gasteiger partial charge is 0.444 e. The van der Waals surface area contributed by atoms with Crippen LogP contribution in [0, 0.1) is 0 Å². The first kappa shape index (κ1) is 25.6. The number of Topliss-reactive ketones (excluding diaryl/α,β-unsaturated/α-hetero) is 1. The van der Waals surface area contributed by atoms with Crippen LogP contribution in [0.25, 0.3) is 11.0 Å². The summed E-state index contributed by atoms with van der Waals surface area (Å²) in [5, 5.41) is 6.59. The van der Waals surface area contributed by atoms with Crippen molar-refractivity contribution in [3.05, 3.63) is 47.4 Å². The molecule has 1 atom stereocenters. The number of carbonyl (C=O) groups excluding carboxylic acids is 2. The van der Waals surface area contributed by atoms with Crippen LogP contribution in [0.5, 0.6) is 0 Å². The van der Waals surface area contributed by atoms with Crippen molar-refractivity contribution >= 4 is 51.7 Å². The molecule has 4 rings (SSSR count). The summed E-state index contributed by atoms with van der Waals surface area (Å²) < 4.78 is 5.39. The van der Waals surface area contributed by atoms with E-state index >= 15 is 0 Å². The van der Waals surface area contributed by atoms with Crippen molar-refractivity contribution in [3.8, 4) is 0 Å². The normalized spacial score (nSPS) is 16.0. The Hall–Kier alpha value is -3.46. The van der Waals surface area contributed by atoms with E-state index in [2.05, 4.69) is 30.5 Å². The molecule has 1 aliphatic rings. The first-order chi connectivity index (χ1) is 17.1. The Labute approximate surface area is 215 Å².